The number of hydrogen-bond acceptors (Lipinski definition) is 7. The van der Waals surface area contributed by atoms with Gasteiger partial charge >= 0.3 is 0 Å². The molecule has 2 saturated heterocycles. The highest BCUT2D eigenvalue weighted by Gasteiger charge is 2.48. The maximum atomic E-state index is 6.32. The van der Waals surface area contributed by atoms with Crippen LogP contribution < -0.4 is 0 Å². The van der Waals surface area contributed by atoms with Crippen molar-refractivity contribution >= 4 is 28.4 Å². The summed E-state index contributed by atoms with van der Waals surface area (Å²) in [5.74, 6) is -0.631. The first-order valence-electron chi connectivity index (χ1n) is 9.25. The van der Waals surface area contributed by atoms with Gasteiger partial charge in [0.05, 0.1) is 19.3 Å². The largest absolute Gasteiger partial charge is 0.472 e. The van der Waals surface area contributed by atoms with Gasteiger partial charge in [-0.05, 0) is 44.8 Å². The monoisotopic (exact) mass is 412 g/mol. The molecule has 1 unspecified atom stereocenters. The number of benzene rings is 1. The van der Waals surface area contributed by atoms with Crippen LogP contribution in [-0.2, 0) is 30.3 Å². The Morgan fingerprint density at radius 2 is 2.07 bits per heavy atom. The molecule has 0 bridgehead atoms. The molecule has 5 nitrogen and oxygen atoms in total. The number of ether oxygens (including phenoxy) is 5. The van der Waals surface area contributed by atoms with Crippen LogP contribution in [0, 0.1) is 0 Å². The van der Waals surface area contributed by atoms with Gasteiger partial charge in [0.15, 0.2) is 5.79 Å². The Morgan fingerprint density at radius 1 is 1.33 bits per heavy atom. The summed E-state index contributed by atoms with van der Waals surface area (Å²) in [6.45, 7) is 6.80. The van der Waals surface area contributed by atoms with Crippen LogP contribution in [0.5, 0.6) is 0 Å². The highest BCUT2D eigenvalue weighted by atomic mass is 32.2. The molecule has 5 atom stereocenters. The van der Waals surface area contributed by atoms with Crippen LogP contribution in [-0.4, -0.2) is 53.6 Å². The first-order valence-corrected chi connectivity index (χ1v) is 10.9. The standard InChI is InChI=1S/C20H28O5S2/c1-13-10-15(24-19(26)27-4)18(23-13)17(16-12-22-20(2,3)25-16)21-11-14-8-6-5-7-9-14/h5-9,13,15-18H,10-12H2,1-4H3/t13?,15-,16+,17-,18-/m1/s1. The van der Waals surface area contributed by atoms with E-state index in [1.807, 2.05) is 57.4 Å². The molecule has 1 aromatic carbocycles. The van der Waals surface area contributed by atoms with Crippen LogP contribution in [0.1, 0.15) is 32.8 Å². The number of rotatable bonds is 6. The Labute approximate surface area is 171 Å². The third-order valence-electron chi connectivity index (χ3n) is 4.74. The fraction of sp³-hybridized carbons (Fsp3) is 0.650. The Hall–Kier alpha value is -0.700. The van der Waals surface area contributed by atoms with Crippen molar-refractivity contribution in [3.63, 3.8) is 0 Å². The second-order valence-electron chi connectivity index (χ2n) is 7.39. The molecule has 2 heterocycles. The molecule has 3 rings (SSSR count). The van der Waals surface area contributed by atoms with Crippen molar-refractivity contribution in [2.45, 2.75) is 70.1 Å². The van der Waals surface area contributed by atoms with E-state index in [9.17, 15) is 0 Å². The summed E-state index contributed by atoms with van der Waals surface area (Å²) in [7, 11) is 0. The minimum atomic E-state index is -0.631. The molecule has 27 heavy (non-hydrogen) atoms. The van der Waals surface area contributed by atoms with E-state index in [1.54, 1.807) is 0 Å². The molecule has 0 radical (unpaired) electrons. The molecule has 0 saturated carbocycles. The zero-order valence-electron chi connectivity index (χ0n) is 16.3. The minimum Gasteiger partial charge on any atom is -0.472 e. The molecule has 0 N–H and O–H groups in total. The SMILES string of the molecule is CSC(=S)O[C@@H]1CC(C)O[C@H]1[C@H](OCc1ccccc1)[C@@H]1COC(C)(C)O1. The van der Waals surface area contributed by atoms with Gasteiger partial charge in [-0.2, -0.15) is 0 Å². The van der Waals surface area contributed by atoms with Crippen LogP contribution in [0.15, 0.2) is 30.3 Å². The highest BCUT2D eigenvalue weighted by molar-refractivity contribution is 8.22. The van der Waals surface area contributed by atoms with E-state index in [2.05, 4.69) is 0 Å². The number of hydrogen-bond donors (Lipinski definition) is 0. The van der Waals surface area contributed by atoms with E-state index < -0.39 is 5.79 Å². The molecule has 0 spiro atoms. The molecule has 7 heteroatoms. The maximum Gasteiger partial charge on any atom is 0.220 e. The van der Waals surface area contributed by atoms with Crippen LogP contribution in [0.3, 0.4) is 0 Å². The van der Waals surface area contributed by atoms with Crippen LogP contribution in [0.2, 0.25) is 0 Å². The van der Waals surface area contributed by atoms with E-state index >= 15 is 0 Å². The summed E-state index contributed by atoms with van der Waals surface area (Å²) < 4.78 is 30.9. The summed E-state index contributed by atoms with van der Waals surface area (Å²) in [5.41, 5.74) is 1.10. The molecule has 2 fully saturated rings. The summed E-state index contributed by atoms with van der Waals surface area (Å²) >= 11 is 6.70. The topological polar surface area (TPSA) is 46.2 Å². The van der Waals surface area contributed by atoms with Crippen molar-refractivity contribution in [3.8, 4) is 0 Å². The van der Waals surface area contributed by atoms with E-state index in [-0.39, 0.29) is 30.5 Å². The van der Waals surface area contributed by atoms with Gasteiger partial charge in [-0.3, -0.25) is 0 Å². The predicted molar refractivity (Wildman–Crippen MR) is 110 cm³/mol. The van der Waals surface area contributed by atoms with Crippen LogP contribution >= 0.6 is 24.0 Å². The summed E-state index contributed by atoms with van der Waals surface area (Å²) in [6.07, 6.45) is 1.79. The van der Waals surface area contributed by atoms with Gasteiger partial charge in [0.2, 0.25) is 4.38 Å². The molecule has 0 aromatic heterocycles. The molecule has 1 aromatic rings. The fourth-order valence-corrected chi connectivity index (χ4v) is 3.85. The van der Waals surface area contributed by atoms with Crippen molar-refractivity contribution in [1.82, 2.24) is 0 Å². The maximum absolute atomic E-state index is 6.32. The Kier molecular flexibility index (Phi) is 7.16. The average Bonchev–Trinajstić information content (AvgIpc) is 3.18. The van der Waals surface area contributed by atoms with E-state index in [1.165, 1.54) is 11.8 Å². The third kappa shape index (κ3) is 5.65. The average molecular weight is 413 g/mol. The van der Waals surface area contributed by atoms with Crippen molar-refractivity contribution < 1.29 is 23.7 Å². The van der Waals surface area contributed by atoms with Crippen LogP contribution in [0.4, 0.5) is 0 Å². The molecule has 0 amide bonds. The predicted octanol–water partition coefficient (Wildman–Crippen LogP) is 3.93. The van der Waals surface area contributed by atoms with E-state index in [0.29, 0.717) is 17.6 Å². The molecule has 2 aliphatic heterocycles. The molecular weight excluding hydrogens is 384 g/mol. The van der Waals surface area contributed by atoms with Gasteiger partial charge in [0.1, 0.15) is 24.4 Å². The van der Waals surface area contributed by atoms with Crippen molar-refractivity contribution in [1.29, 1.82) is 0 Å². The number of thioether (sulfide) groups is 1. The summed E-state index contributed by atoms with van der Waals surface area (Å²) in [5, 5.41) is 0. The Morgan fingerprint density at radius 3 is 2.70 bits per heavy atom. The lowest BCUT2D eigenvalue weighted by Crippen LogP contribution is -2.47. The third-order valence-corrected chi connectivity index (χ3v) is 5.77. The van der Waals surface area contributed by atoms with Crippen molar-refractivity contribution in [2.24, 2.45) is 0 Å². The number of thiocarbonyl (C=S) groups is 1. The Balaban J connectivity index is 1.76. The second kappa shape index (κ2) is 9.20. The minimum absolute atomic E-state index is 0.0720. The first kappa shape index (κ1) is 21.0. The van der Waals surface area contributed by atoms with Gasteiger partial charge in [0, 0.05) is 6.42 Å². The van der Waals surface area contributed by atoms with Gasteiger partial charge in [0.25, 0.3) is 0 Å². The normalized spacial score (nSPS) is 31.0. The van der Waals surface area contributed by atoms with Gasteiger partial charge in [-0.25, -0.2) is 0 Å². The lowest BCUT2D eigenvalue weighted by atomic mass is 10.0. The smallest absolute Gasteiger partial charge is 0.220 e. The van der Waals surface area contributed by atoms with E-state index in [4.69, 9.17) is 35.9 Å². The van der Waals surface area contributed by atoms with E-state index in [0.717, 1.165) is 12.0 Å². The van der Waals surface area contributed by atoms with Gasteiger partial charge < -0.3 is 23.7 Å². The lowest BCUT2D eigenvalue weighted by molar-refractivity contribution is -0.181. The molecular formula is C20H28O5S2. The summed E-state index contributed by atoms with van der Waals surface area (Å²) in [6, 6.07) is 10.1. The fourth-order valence-electron chi connectivity index (χ4n) is 3.51. The van der Waals surface area contributed by atoms with Gasteiger partial charge in [-0.1, -0.05) is 42.1 Å². The highest BCUT2D eigenvalue weighted by Crippen LogP contribution is 2.34. The quantitative estimate of drug-likeness (QED) is 0.656. The summed E-state index contributed by atoms with van der Waals surface area (Å²) in [4.78, 5) is 0. The zero-order chi connectivity index (χ0) is 19.4. The zero-order valence-corrected chi connectivity index (χ0v) is 17.9. The molecule has 0 aliphatic carbocycles. The van der Waals surface area contributed by atoms with Crippen LogP contribution in [0.25, 0.3) is 0 Å². The molecule has 2 aliphatic rings. The van der Waals surface area contributed by atoms with Gasteiger partial charge in [-0.15, -0.1) is 0 Å². The first-order chi connectivity index (χ1) is 12.9. The second-order valence-corrected chi connectivity index (χ2v) is 8.79. The van der Waals surface area contributed by atoms with Crippen molar-refractivity contribution in [3.05, 3.63) is 35.9 Å². The molecule has 150 valence electrons. The Bertz CT molecular complexity index is 624. The van der Waals surface area contributed by atoms with Crippen molar-refractivity contribution in [2.75, 3.05) is 12.9 Å². The lowest BCUT2D eigenvalue weighted by Gasteiger charge is -2.32.